The van der Waals surface area contributed by atoms with Crippen molar-refractivity contribution in [3.63, 3.8) is 0 Å². The number of nitrogens with one attached hydrogen (secondary N) is 2. The van der Waals surface area contributed by atoms with Crippen molar-refractivity contribution in [2.45, 2.75) is 26.2 Å². The molecule has 2 N–H and O–H groups in total. The fourth-order valence-electron chi connectivity index (χ4n) is 2.77. The second-order valence-electron chi connectivity index (χ2n) is 5.15. The number of aryl methyl sites for hydroxylation is 2. The third-order valence-electron chi connectivity index (χ3n) is 3.82. The van der Waals surface area contributed by atoms with Crippen molar-refractivity contribution in [2.75, 3.05) is 5.43 Å². The molecule has 0 unspecified atom stereocenters. The maximum atomic E-state index is 4.44. The molecule has 1 aliphatic rings. The zero-order chi connectivity index (χ0) is 14.2. The van der Waals surface area contributed by atoms with Gasteiger partial charge in [0, 0.05) is 11.1 Å². The lowest BCUT2D eigenvalue weighted by Crippen LogP contribution is -2.02. The van der Waals surface area contributed by atoms with E-state index in [1.807, 2.05) is 25.3 Å². The zero-order valence-electron chi connectivity index (χ0n) is 11.7. The molecular formula is C15H15N5S. The molecule has 0 radical (unpaired) electrons. The van der Waals surface area contributed by atoms with Gasteiger partial charge >= 0.3 is 0 Å². The Labute approximate surface area is 126 Å². The number of thiophene rings is 1. The highest BCUT2D eigenvalue weighted by molar-refractivity contribution is 7.19. The first-order valence-electron chi connectivity index (χ1n) is 7.02. The van der Waals surface area contributed by atoms with Crippen LogP contribution in [0.3, 0.4) is 0 Å². The lowest BCUT2D eigenvalue weighted by molar-refractivity contribution is 0.917. The fraction of sp³-hybridized carbons (Fsp3) is 0.267. The molecule has 0 saturated heterocycles. The van der Waals surface area contributed by atoms with Crippen LogP contribution in [0.1, 0.15) is 29.5 Å². The van der Waals surface area contributed by atoms with Gasteiger partial charge in [0.15, 0.2) is 5.82 Å². The van der Waals surface area contributed by atoms with Crippen LogP contribution >= 0.6 is 11.3 Å². The summed E-state index contributed by atoms with van der Waals surface area (Å²) in [7, 11) is 0. The molecule has 0 fully saturated rings. The van der Waals surface area contributed by atoms with Crippen LogP contribution in [-0.2, 0) is 12.8 Å². The number of hydrogen-bond donors (Lipinski definition) is 2. The summed E-state index contributed by atoms with van der Waals surface area (Å²) in [6.07, 6.45) is 7.02. The Balaban J connectivity index is 1.72. The van der Waals surface area contributed by atoms with Crippen molar-refractivity contribution >= 4 is 33.1 Å². The molecule has 0 saturated carbocycles. The molecule has 3 heterocycles. The van der Waals surface area contributed by atoms with Crippen LogP contribution in [0.5, 0.6) is 0 Å². The summed E-state index contributed by atoms with van der Waals surface area (Å²) < 4.78 is 0. The second-order valence-corrected chi connectivity index (χ2v) is 6.24. The van der Waals surface area contributed by atoms with Crippen molar-refractivity contribution in [3.8, 4) is 0 Å². The average molecular weight is 297 g/mol. The Morgan fingerprint density at radius 1 is 1.38 bits per heavy atom. The number of anilines is 1. The van der Waals surface area contributed by atoms with Crippen LogP contribution in [0.25, 0.3) is 10.2 Å². The molecule has 5 nitrogen and oxygen atoms in total. The smallest absolute Gasteiger partial charge is 0.158 e. The van der Waals surface area contributed by atoms with Gasteiger partial charge in [-0.15, -0.1) is 11.3 Å². The number of nitrogens with zero attached hydrogens (tertiary/aromatic N) is 3. The highest BCUT2D eigenvalue weighted by atomic mass is 32.1. The second kappa shape index (κ2) is 4.96. The number of rotatable bonds is 3. The summed E-state index contributed by atoms with van der Waals surface area (Å²) in [6.45, 7) is 1.97. The monoisotopic (exact) mass is 297 g/mol. The van der Waals surface area contributed by atoms with E-state index < -0.39 is 0 Å². The molecule has 3 aromatic heterocycles. The topological polar surface area (TPSA) is 66.0 Å². The van der Waals surface area contributed by atoms with Crippen LogP contribution in [0, 0.1) is 0 Å². The van der Waals surface area contributed by atoms with Gasteiger partial charge in [0.25, 0.3) is 0 Å². The van der Waals surface area contributed by atoms with Gasteiger partial charge in [-0.25, -0.2) is 9.97 Å². The van der Waals surface area contributed by atoms with Crippen LogP contribution in [0.2, 0.25) is 0 Å². The number of aromatic amines is 1. The van der Waals surface area contributed by atoms with Crippen molar-refractivity contribution in [1.29, 1.82) is 0 Å². The summed E-state index contributed by atoms with van der Waals surface area (Å²) in [5, 5.41) is 5.59. The maximum absolute atomic E-state index is 4.44. The molecular weight excluding hydrogens is 282 g/mol. The number of hydrogen-bond acceptors (Lipinski definition) is 5. The molecule has 4 rings (SSSR count). The third-order valence-corrected chi connectivity index (χ3v) is 5.02. The van der Waals surface area contributed by atoms with Gasteiger partial charge in [-0.3, -0.25) is 5.43 Å². The fourth-order valence-corrected chi connectivity index (χ4v) is 3.99. The molecule has 0 spiro atoms. The van der Waals surface area contributed by atoms with E-state index in [1.165, 1.54) is 23.3 Å². The zero-order valence-corrected chi connectivity index (χ0v) is 12.5. The van der Waals surface area contributed by atoms with E-state index >= 15 is 0 Å². The van der Waals surface area contributed by atoms with Gasteiger partial charge in [0.05, 0.1) is 16.8 Å². The Kier molecular flexibility index (Phi) is 2.96. The summed E-state index contributed by atoms with van der Waals surface area (Å²) in [5.74, 6) is 0.810. The Morgan fingerprint density at radius 2 is 2.33 bits per heavy atom. The average Bonchev–Trinajstić information content (AvgIpc) is 3.19. The number of aromatic nitrogens is 3. The van der Waals surface area contributed by atoms with E-state index in [0.29, 0.717) is 0 Å². The Morgan fingerprint density at radius 3 is 3.19 bits per heavy atom. The molecule has 3 aromatic rings. The predicted octanol–water partition coefficient (Wildman–Crippen LogP) is 3.34. The number of fused-ring (bicyclic) bond motifs is 3. The minimum atomic E-state index is 0.810. The van der Waals surface area contributed by atoms with Crippen molar-refractivity contribution < 1.29 is 0 Å². The first-order valence-corrected chi connectivity index (χ1v) is 7.84. The van der Waals surface area contributed by atoms with Gasteiger partial charge in [-0.2, -0.15) is 5.10 Å². The molecule has 1 aliphatic carbocycles. The number of hydrazone groups is 1. The maximum Gasteiger partial charge on any atom is 0.158 e. The minimum absolute atomic E-state index is 0.810. The van der Waals surface area contributed by atoms with Gasteiger partial charge in [0.1, 0.15) is 11.2 Å². The van der Waals surface area contributed by atoms with E-state index in [0.717, 1.165) is 33.9 Å². The van der Waals surface area contributed by atoms with Crippen LogP contribution in [0.15, 0.2) is 29.8 Å². The Bertz CT molecular complexity index is 816. The van der Waals surface area contributed by atoms with Gasteiger partial charge in [-0.1, -0.05) is 0 Å². The first kappa shape index (κ1) is 12.5. The molecule has 0 bridgehead atoms. The van der Waals surface area contributed by atoms with E-state index in [4.69, 9.17) is 0 Å². The van der Waals surface area contributed by atoms with Gasteiger partial charge in [-0.05, 0) is 43.9 Å². The first-order chi connectivity index (χ1) is 10.3. The largest absolute Gasteiger partial charge is 0.360 e. The highest BCUT2D eigenvalue weighted by Crippen LogP contribution is 2.38. The van der Waals surface area contributed by atoms with E-state index in [-0.39, 0.29) is 0 Å². The van der Waals surface area contributed by atoms with Gasteiger partial charge < -0.3 is 4.98 Å². The standard InChI is InChI=1S/C15H15N5S/c1-9(11-5-3-7-16-11)19-20-14-13-10-4-2-6-12(10)21-15(13)18-8-17-14/h3,5,7-8,16H,2,4,6H2,1H3,(H,17,18,20). The minimum Gasteiger partial charge on any atom is -0.360 e. The summed E-state index contributed by atoms with van der Waals surface area (Å²) >= 11 is 1.79. The quantitative estimate of drug-likeness (QED) is 0.575. The molecule has 6 heteroatoms. The van der Waals surface area contributed by atoms with Crippen molar-refractivity contribution in [2.24, 2.45) is 5.10 Å². The van der Waals surface area contributed by atoms with Crippen LogP contribution < -0.4 is 5.43 Å². The van der Waals surface area contributed by atoms with E-state index in [2.05, 4.69) is 25.5 Å². The summed E-state index contributed by atoms with van der Waals surface area (Å²) in [5.41, 5.74) is 6.43. The SMILES string of the molecule is CC(=NNc1ncnc2sc3c(c12)CCC3)c1ccc[nH]1. The van der Waals surface area contributed by atoms with Crippen LogP contribution in [0.4, 0.5) is 5.82 Å². The lowest BCUT2D eigenvalue weighted by atomic mass is 10.2. The molecule has 21 heavy (non-hydrogen) atoms. The molecule has 0 aromatic carbocycles. The molecule has 0 aliphatic heterocycles. The van der Waals surface area contributed by atoms with Crippen molar-refractivity contribution in [1.82, 2.24) is 15.0 Å². The molecule has 0 atom stereocenters. The van der Waals surface area contributed by atoms with Crippen molar-refractivity contribution in [3.05, 3.63) is 40.8 Å². The normalized spacial score (nSPS) is 14.6. The Hall–Kier alpha value is -2.21. The molecule has 106 valence electrons. The van der Waals surface area contributed by atoms with Gasteiger partial charge in [0.2, 0.25) is 0 Å². The molecule has 0 amide bonds. The highest BCUT2D eigenvalue weighted by Gasteiger charge is 2.21. The van der Waals surface area contributed by atoms with E-state index in [1.54, 1.807) is 17.7 Å². The third kappa shape index (κ3) is 2.12. The van der Waals surface area contributed by atoms with Crippen LogP contribution in [-0.4, -0.2) is 20.7 Å². The summed E-state index contributed by atoms with van der Waals surface area (Å²) in [6, 6.07) is 3.96. The summed E-state index contributed by atoms with van der Waals surface area (Å²) in [4.78, 5) is 14.4. The lowest BCUT2D eigenvalue weighted by Gasteiger charge is -2.04. The van der Waals surface area contributed by atoms with E-state index in [9.17, 15) is 0 Å². The predicted molar refractivity (Wildman–Crippen MR) is 86.1 cm³/mol. The number of H-pyrrole nitrogens is 1.